The molecule has 0 spiro atoms. The Kier molecular flexibility index (Phi) is 7.87. The fourth-order valence-corrected chi connectivity index (χ4v) is 2.22. The van der Waals surface area contributed by atoms with Gasteiger partial charge in [0.05, 0.1) is 0 Å². The molecule has 0 heterocycles. The Labute approximate surface area is 131 Å². The summed E-state index contributed by atoms with van der Waals surface area (Å²) in [7, 11) is 0. The maximum atomic E-state index is 3.21. The smallest absolute Gasteiger partial charge is 0.177 e. The SMILES string of the molecule is Cc1[c-]c(C)cc(C)c1.Cc1[c-]c(C)cc(C)c1.[Zn+2]. The van der Waals surface area contributed by atoms with Crippen LogP contribution >= 0.6 is 0 Å². The van der Waals surface area contributed by atoms with Crippen LogP contribution in [0.4, 0.5) is 0 Å². The summed E-state index contributed by atoms with van der Waals surface area (Å²) in [5.41, 5.74) is 7.56. The summed E-state index contributed by atoms with van der Waals surface area (Å²) in [6.07, 6.45) is 0. The molecule has 0 N–H and O–H groups in total. The summed E-state index contributed by atoms with van der Waals surface area (Å²) in [6.45, 7) is 12.5. The average Bonchev–Trinajstić information content (AvgIpc) is 2.12. The normalized spacial score (nSPS) is 9.16. The van der Waals surface area contributed by atoms with E-state index < -0.39 is 0 Å². The van der Waals surface area contributed by atoms with Crippen LogP contribution < -0.4 is 0 Å². The zero-order valence-electron chi connectivity index (χ0n) is 13.0. The molecule has 0 bridgehead atoms. The molecule has 96 valence electrons. The maximum absolute atomic E-state index is 3.21. The third-order valence-corrected chi connectivity index (χ3v) is 2.57. The Balaban J connectivity index is 0.000000324. The van der Waals surface area contributed by atoms with Crippen molar-refractivity contribution in [2.45, 2.75) is 41.5 Å². The van der Waals surface area contributed by atoms with Crippen LogP contribution in [0.3, 0.4) is 0 Å². The Morgan fingerprint density at radius 2 is 0.737 bits per heavy atom. The molecule has 0 unspecified atom stereocenters. The van der Waals surface area contributed by atoms with Crippen LogP contribution in [0, 0.1) is 53.7 Å². The molecule has 0 radical (unpaired) electrons. The first-order valence-corrected chi connectivity index (χ1v) is 6.31. The zero-order chi connectivity index (χ0) is 13.7. The van der Waals surface area contributed by atoms with Crippen LogP contribution in [-0.2, 0) is 19.5 Å². The van der Waals surface area contributed by atoms with Crippen molar-refractivity contribution in [3.05, 3.63) is 69.8 Å². The van der Waals surface area contributed by atoms with Crippen LogP contribution in [0.25, 0.3) is 0 Å². The fourth-order valence-electron chi connectivity index (χ4n) is 2.22. The van der Waals surface area contributed by atoms with Gasteiger partial charge in [0, 0.05) is 0 Å². The van der Waals surface area contributed by atoms with E-state index in [0.717, 1.165) is 0 Å². The van der Waals surface area contributed by atoms with Gasteiger partial charge in [-0.2, -0.15) is 69.8 Å². The van der Waals surface area contributed by atoms with Crippen molar-refractivity contribution in [2.75, 3.05) is 0 Å². The Morgan fingerprint density at radius 1 is 0.526 bits per heavy atom. The minimum absolute atomic E-state index is 0. The van der Waals surface area contributed by atoms with Gasteiger partial charge in [-0.05, 0) is 0 Å². The summed E-state index contributed by atoms with van der Waals surface area (Å²) in [5, 5.41) is 0. The predicted molar refractivity (Wildman–Crippen MR) is 79.0 cm³/mol. The van der Waals surface area contributed by atoms with Crippen molar-refractivity contribution >= 4 is 0 Å². The number of hydrogen-bond donors (Lipinski definition) is 0. The van der Waals surface area contributed by atoms with E-state index in [1.165, 1.54) is 33.4 Å². The van der Waals surface area contributed by atoms with Crippen LogP contribution in [-0.4, -0.2) is 0 Å². The monoisotopic (exact) mass is 302 g/mol. The van der Waals surface area contributed by atoms with Crippen molar-refractivity contribution in [1.82, 2.24) is 0 Å². The van der Waals surface area contributed by atoms with Gasteiger partial charge in [-0.15, -0.1) is 0 Å². The Morgan fingerprint density at radius 3 is 0.895 bits per heavy atom. The largest absolute Gasteiger partial charge is 2.00 e. The van der Waals surface area contributed by atoms with Crippen LogP contribution in [0.1, 0.15) is 33.4 Å². The van der Waals surface area contributed by atoms with Gasteiger partial charge in [0.2, 0.25) is 0 Å². The summed E-state index contributed by atoms with van der Waals surface area (Å²) in [5.74, 6) is 0. The molecule has 0 saturated heterocycles. The van der Waals surface area contributed by atoms with E-state index >= 15 is 0 Å². The minimum Gasteiger partial charge on any atom is -0.177 e. The standard InChI is InChI=1S/2C9H11.Zn/c2*1-7-4-8(2)6-9(3)5-7;/h2*4-5H,1-3H3;/q2*-1;+2. The molecule has 0 atom stereocenters. The molecule has 1 heteroatoms. The van der Waals surface area contributed by atoms with Crippen molar-refractivity contribution in [1.29, 1.82) is 0 Å². The molecule has 0 fully saturated rings. The molecule has 0 aliphatic rings. The Bertz CT molecular complexity index is 377. The first-order chi connectivity index (χ1) is 8.36. The molecule has 0 amide bonds. The fraction of sp³-hybridized carbons (Fsp3) is 0.333. The molecule has 0 aromatic heterocycles. The van der Waals surface area contributed by atoms with Gasteiger partial charge >= 0.3 is 19.5 Å². The number of benzene rings is 2. The van der Waals surface area contributed by atoms with Gasteiger partial charge in [-0.3, -0.25) is 0 Å². The van der Waals surface area contributed by atoms with E-state index in [1.807, 2.05) is 0 Å². The summed E-state index contributed by atoms with van der Waals surface area (Å²) >= 11 is 0. The second-order valence-corrected chi connectivity index (χ2v) is 5.05. The molecule has 0 saturated carbocycles. The van der Waals surface area contributed by atoms with Crippen molar-refractivity contribution in [3.8, 4) is 0 Å². The van der Waals surface area contributed by atoms with Crippen LogP contribution in [0.15, 0.2) is 24.3 Å². The molecule has 0 aliphatic carbocycles. The van der Waals surface area contributed by atoms with Crippen LogP contribution in [0.2, 0.25) is 0 Å². The average molecular weight is 304 g/mol. The first kappa shape index (κ1) is 18.1. The molecular formula is C18H22Zn. The van der Waals surface area contributed by atoms with Gasteiger partial charge in [-0.1, -0.05) is 41.5 Å². The van der Waals surface area contributed by atoms with Crippen LogP contribution in [0.5, 0.6) is 0 Å². The van der Waals surface area contributed by atoms with Gasteiger partial charge in [-0.25, -0.2) is 0 Å². The number of aryl methyl sites for hydroxylation is 6. The Hall–Kier alpha value is -0.937. The second-order valence-electron chi connectivity index (χ2n) is 5.05. The minimum atomic E-state index is 0. The van der Waals surface area contributed by atoms with Crippen molar-refractivity contribution in [3.63, 3.8) is 0 Å². The number of hydrogen-bond acceptors (Lipinski definition) is 0. The van der Waals surface area contributed by atoms with Crippen molar-refractivity contribution in [2.24, 2.45) is 0 Å². The zero-order valence-corrected chi connectivity index (χ0v) is 16.0. The van der Waals surface area contributed by atoms with Gasteiger partial charge in [0.25, 0.3) is 0 Å². The topological polar surface area (TPSA) is 0 Å². The van der Waals surface area contributed by atoms with Crippen molar-refractivity contribution < 1.29 is 19.5 Å². The van der Waals surface area contributed by atoms with Gasteiger partial charge in [0.15, 0.2) is 0 Å². The van der Waals surface area contributed by atoms with E-state index in [9.17, 15) is 0 Å². The van der Waals surface area contributed by atoms with E-state index in [-0.39, 0.29) is 19.5 Å². The third-order valence-electron chi connectivity index (χ3n) is 2.57. The van der Waals surface area contributed by atoms with Gasteiger partial charge < -0.3 is 0 Å². The van der Waals surface area contributed by atoms with E-state index in [0.29, 0.717) is 0 Å². The molecule has 0 aliphatic heterocycles. The molecule has 2 aromatic rings. The first-order valence-electron chi connectivity index (χ1n) is 6.31. The molecular weight excluding hydrogens is 282 g/mol. The summed E-state index contributed by atoms with van der Waals surface area (Å²) < 4.78 is 0. The van der Waals surface area contributed by atoms with E-state index in [4.69, 9.17) is 0 Å². The summed E-state index contributed by atoms with van der Waals surface area (Å²) in [6, 6.07) is 14.9. The molecule has 0 nitrogen and oxygen atoms in total. The molecule has 19 heavy (non-hydrogen) atoms. The quantitative estimate of drug-likeness (QED) is 0.483. The van der Waals surface area contributed by atoms with E-state index in [1.54, 1.807) is 0 Å². The number of rotatable bonds is 0. The van der Waals surface area contributed by atoms with Gasteiger partial charge in [0.1, 0.15) is 0 Å². The van der Waals surface area contributed by atoms with E-state index in [2.05, 4.69) is 77.9 Å². The predicted octanol–water partition coefficient (Wildman–Crippen LogP) is 4.82. The maximum Gasteiger partial charge on any atom is 2.00 e. The third kappa shape index (κ3) is 7.28. The molecule has 2 aromatic carbocycles. The molecule has 2 rings (SSSR count). The summed E-state index contributed by atoms with van der Waals surface area (Å²) in [4.78, 5) is 0. The second kappa shape index (κ2) is 8.28.